The highest BCUT2D eigenvalue weighted by atomic mass is 16.6. The molecule has 2 aromatic rings. The number of hydrogen-bond donors (Lipinski definition) is 1. The maximum Gasteiger partial charge on any atom is 0.409 e. The van der Waals surface area contributed by atoms with E-state index in [1.165, 1.54) is 16.3 Å². The first-order valence-corrected chi connectivity index (χ1v) is 11.2. The van der Waals surface area contributed by atoms with Crippen LogP contribution < -0.4 is 4.90 Å². The number of piperazine rings is 1. The summed E-state index contributed by atoms with van der Waals surface area (Å²) in [6.07, 6.45) is 1.61. The van der Waals surface area contributed by atoms with E-state index in [0.29, 0.717) is 32.8 Å². The van der Waals surface area contributed by atoms with E-state index in [-0.39, 0.29) is 17.9 Å². The minimum Gasteiger partial charge on any atom is -0.450 e. The molecule has 0 aromatic heterocycles. The molecule has 2 amide bonds. The topological polar surface area (TPSA) is 54.3 Å². The Hall–Kier alpha value is -2.60. The summed E-state index contributed by atoms with van der Waals surface area (Å²) in [6, 6.07) is 15.1. The minimum atomic E-state index is -0.269. The molecule has 160 valence electrons. The summed E-state index contributed by atoms with van der Waals surface area (Å²) in [5, 5.41) is 2.63. The van der Waals surface area contributed by atoms with Crippen LogP contribution in [-0.2, 0) is 16.1 Å². The van der Waals surface area contributed by atoms with Crippen molar-refractivity contribution in [1.82, 2.24) is 9.80 Å². The largest absolute Gasteiger partial charge is 0.450 e. The molecule has 2 aromatic carbocycles. The zero-order valence-electron chi connectivity index (χ0n) is 17.8. The number of nitrogens with zero attached hydrogens (tertiary/aromatic N) is 2. The lowest BCUT2D eigenvalue weighted by molar-refractivity contribution is -0.919. The fourth-order valence-electron chi connectivity index (χ4n) is 4.75. The third-order valence-electron chi connectivity index (χ3n) is 6.48. The lowest BCUT2D eigenvalue weighted by atomic mass is 9.94. The summed E-state index contributed by atoms with van der Waals surface area (Å²) in [4.78, 5) is 30.0. The fraction of sp³-hybridized carbons (Fsp3) is 0.500. The van der Waals surface area contributed by atoms with E-state index >= 15 is 0 Å². The van der Waals surface area contributed by atoms with E-state index in [4.69, 9.17) is 4.74 Å². The monoisotopic (exact) mass is 410 g/mol. The number of benzene rings is 2. The molecule has 0 radical (unpaired) electrons. The number of carbonyl (C=O) groups excluding carboxylic acids is 2. The van der Waals surface area contributed by atoms with Crippen LogP contribution in [0.25, 0.3) is 10.8 Å². The smallest absolute Gasteiger partial charge is 0.409 e. The Morgan fingerprint density at radius 3 is 2.37 bits per heavy atom. The molecule has 0 saturated carbocycles. The first-order valence-electron chi connectivity index (χ1n) is 11.2. The molecule has 4 rings (SSSR count). The summed E-state index contributed by atoms with van der Waals surface area (Å²) in [5.41, 5.74) is 1.39. The number of likely N-dealkylation sites (tertiary alicyclic amines) is 1. The van der Waals surface area contributed by atoms with Crippen molar-refractivity contribution in [3.8, 4) is 0 Å². The number of fused-ring (bicyclic) bond motifs is 1. The average Bonchev–Trinajstić information content (AvgIpc) is 2.80. The van der Waals surface area contributed by atoms with Gasteiger partial charge in [-0.15, -0.1) is 0 Å². The van der Waals surface area contributed by atoms with Crippen LogP contribution >= 0.6 is 0 Å². The molecule has 2 aliphatic heterocycles. The Labute approximate surface area is 178 Å². The van der Waals surface area contributed by atoms with Crippen molar-refractivity contribution >= 4 is 22.8 Å². The van der Waals surface area contributed by atoms with Crippen LogP contribution in [0.3, 0.4) is 0 Å². The van der Waals surface area contributed by atoms with E-state index in [0.717, 1.165) is 32.5 Å². The van der Waals surface area contributed by atoms with Gasteiger partial charge in [0.05, 0.1) is 19.7 Å². The van der Waals surface area contributed by atoms with Gasteiger partial charge in [0.1, 0.15) is 6.54 Å². The van der Waals surface area contributed by atoms with Crippen LogP contribution in [0, 0.1) is 5.92 Å². The van der Waals surface area contributed by atoms with Crippen molar-refractivity contribution in [3.05, 3.63) is 48.0 Å². The zero-order valence-corrected chi connectivity index (χ0v) is 17.8. The zero-order chi connectivity index (χ0) is 20.9. The second-order valence-corrected chi connectivity index (χ2v) is 8.35. The van der Waals surface area contributed by atoms with Crippen LogP contribution in [0.15, 0.2) is 42.5 Å². The number of quaternary nitrogens is 1. The Morgan fingerprint density at radius 2 is 1.63 bits per heavy atom. The average molecular weight is 411 g/mol. The number of rotatable bonds is 4. The Morgan fingerprint density at radius 1 is 0.967 bits per heavy atom. The van der Waals surface area contributed by atoms with E-state index in [2.05, 4.69) is 42.5 Å². The van der Waals surface area contributed by atoms with Gasteiger partial charge in [0.25, 0.3) is 0 Å². The normalized spacial score (nSPS) is 22.2. The van der Waals surface area contributed by atoms with Crippen LogP contribution in [0.4, 0.5) is 4.79 Å². The molecule has 2 heterocycles. The number of amides is 2. The first-order chi connectivity index (χ1) is 14.7. The third-order valence-corrected chi connectivity index (χ3v) is 6.48. The van der Waals surface area contributed by atoms with Gasteiger partial charge in [-0.1, -0.05) is 42.5 Å². The molecule has 30 heavy (non-hydrogen) atoms. The molecule has 6 nitrogen and oxygen atoms in total. The van der Waals surface area contributed by atoms with Gasteiger partial charge in [0.15, 0.2) is 0 Å². The molecule has 0 bridgehead atoms. The molecule has 0 aliphatic carbocycles. The fourth-order valence-corrected chi connectivity index (χ4v) is 4.75. The predicted molar refractivity (Wildman–Crippen MR) is 116 cm³/mol. The lowest BCUT2D eigenvalue weighted by Gasteiger charge is -2.37. The predicted octanol–water partition coefficient (Wildman–Crippen LogP) is 1.94. The van der Waals surface area contributed by atoms with Gasteiger partial charge in [-0.2, -0.15) is 0 Å². The Bertz CT molecular complexity index is 879. The van der Waals surface area contributed by atoms with Gasteiger partial charge in [0.2, 0.25) is 5.91 Å². The molecule has 1 N–H and O–H groups in total. The molecular weight excluding hydrogens is 378 g/mol. The highest BCUT2D eigenvalue weighted by Gasteiger charge is 2.33. The quantitative estimate of drug-likeness (QED) is 0.838. The van der Waals surface area contributed by atoms with E-state index in [9.17, 15) is 9.59 Å². The van der Waals surface area contributed by atoms with Crippen molar-refractivity contribution in [2.75, 3.05) is 45.9 Å². The molecular formula is C24H32N3O3+. The lowest BCUT2D eigenvalue weighted by Crippen LogP contribution is -3.11. The molecule has 6 heteroatoms. The van der Waals surface area contributed by atoms with Gasteiger partial charge in [-0.05, 0) is 17.7 Å². The van der Waals surface area contributed by atoms with Crippen LogP contribution in [-0.4, -0.2) is 67.7 Å². The number of hydrogen-bond acceptors (Lipinski definition) is 3. The molecule has 2 fully saturated rings. The summed E-state index contributed by atoms with van der Waals surface area (Å²) >= 11 is 0. The van der Waals surface area contributed by atoms with Crippen LogP contribution in [0.1, 0.15) is 25.3 Å². The van der Waals surface area contributed by atoms with Crippen molar-refractivity contribution < 1.29 is 19.2 Å². The van der Waals surface area contributed by atoms with Crippen molar-refractivity contribution in [3.63, 3.8) is 0 Å². The SMILES string of the molecule is CCOC(=O)N1CCN(C(=O)C2CC[NH+](Cc3cccc4ccccc34)CC2)CC1. The van der Waals surface area contributed by atoms with Crippen LogP contribution in [0.2, 0.25) is 0 Å². The van der Waals surface area contributed by atoms with Gasteiger partial charge in [0, 0.05) is 50.5 Å². The maximum atomic E-state index is 13.0. The number of nitrogens with one attached hydrogen (secondary N) is 1. The van der Waals surface area contributed by atoms with Crippen molar-refractivity contribution in [2.24, 2.45) is 5.92 Å². The van der Waals surface area contributed by atoms with E-state index < -0.39 is 0 Å². The second-order valence-electron chi connectivity index (χ2n) is 8.35. The van der Waals surface area contributed by atoms with Crippen molar-refractivity contribution in [1.29, 1.82) is 0 Å². The second kappa shape index (κ2) is 9.47. The summed E-state index contributed by atoms with van der Waals surface area (Å²) in [6.45, 7) is 7.63. The van der Waals surface area contributed by atoms with Gasteiger partial charge < -0.3 is 19.4 Å². The number of piperidine rings is 1. The Balaban J connectivity index is 1.27. The van der Waals surface area contributed by atoms with Gasteiger partial charge >= 0.3 is 6.09 Å². The summed E-state index contributed by atoms with van der Waals surface area (Å²) in [5.74, 6) is 0.387. The summed E-state index contributed by atoms with van der Waals surface area (Å²) < 4.78 is 5.06. The molecule has 0 atom stereocenters. The minimum absolute atomic E-state index is 0.121. The standard InChI is InChI=1S/C24H31N3O3/c1-2-30-24(29)27-16-14-26(15-17-27)23(28)20-10-12-25(13-11-20)18-21-8-5-7-19-6-3-4-9-22(19)21/h3-9,20H,2,10-18H2,1H3/p+1. The highest BCUT2D eigenvalue weighted by molar-refractivity contribution is 5.85. The Kier molecular flexibility index (Phi) is 6.53. The van der Waals surface area contributed by atoms with Gasteiger partial charge in [-0.25, -0.2) is 4.79 Å². The first kappa shape index (κ1) is 20.7. The maximum absolute atomic E-state index is 13.0. The third kappa shape index (κ3) is 4.59. The number of ether oxygens (including phenoxy) is 1. The molecule has 0 unspecified atom stereocenters. The molecule has 2 saturated heterocycles. The van der Waals surface area contributed by atoms with E-state index in [1.54, 1.807) is 9.80 Å². The van der Waals surface area contributed by atoms with Gasteiger partial charge in [-0.3, -0.25) is 4.79 Å². The number of carbonyl (C=O) groups is 2. The highest BCUT2D eigenvalue weighted by Crippen LogP contribution is 2.19. The van der Waals surface area contributed by atoms with Crippen molar-refractivity contribution in [2.45, 2.75) is 26.3 Å². The summed E-state index contributed by atoms with van der Waals surface area (Å²) in [7, 11) is 0. The molecule has 0 spiro atoms. The molecule has 2 aliphatic rings. The van der Waals surface area contributed by atoms with Crippen LogP contribution in [0.5, 0.6) is 0 Å². The van der Waals surface area contributed by atoms with E-state index in [1.807, 2.05) is 11.8 Å².